The van der Waals surface area contributed by atoms with E-state index in [4.69, 9.17) is 10.5 Å². The summed E-state index contributed by atoms with van der Waals surface area (Å²) >= 11 is 1.47. The van der Waals surface area contributed by atoms with Crippen LogP contribution in [0.5, 0.6) is 0 Å². The molecule has 0 aliphatic heterocycles. The molecule has 1 aromatic rings. The van der Waals surface area contributed by atoms with Crippen molar-refractivity contribution >= 4 is 29.7 Å². The number of unbranched alkanes of at least 4 members (excludes halogenated alkanes) is 1. The number of carbonyl (C=O) groups is 1. The van der Waals surface area contributed by atoms with Crippen LogP contribution in [0.3, 0.4) is 0 Å². The lowest BCUT2D eigenvalue weighted by Crippen LogP contribution is -2.04. The Morgan fingerprint density at radius 3 is 2.88 bits per heavy atom. The minimum Gasteiger partial charge on any atom is -0.462 e. The van der Waals surface area contributed by atoms with Gasteiger partial charge in [-0.25, -0.2) is 4.79 Å². The molecule has 0 aromatic carbocycles. The van der Waals surface area contributed by atoms with Gasteiger partial charge in [0.05, 0.1) is 6.61 Å². The second-order valence-electron chi connectivity index (χ2n) is 3.29. The highest BCUT2D eigenvalue weighted by atomic mass is 35.5. The van der Waals surface area contributed by atoms with Gasteiger partial charge in [0.2, 0.25) is 0 Å². The van der Waals surface area contributed by atoms with Gasteiger partial charge in [-0.3, -0.25) is 0 Å². The number of hydrogen-bond acceptors (Lipinski definition) is 4. The van der Waals surface area contributed by atoms with E-state index in [1.807, 2.05) is 12.1 Å². The zero-order valence-corrected chi connectivity index (χ0v) is 11.0. The molecule has 16 heavy (non-hydrogen) atoms. The Morgan fingerprint density at radius 1 is 1.50 bits per heavy atom. The van der Waals surface area contributed by atoms with Crippen LogP contribution in [0, 0.1) is 0 Å². The molecule has 0 aliphatic rings. The fraction of sp³-hybridized carbons (Fsp3) is 0.545. The monoisotopic (exact) mass is 263 g/mol. The predicted molar refractivity (Wildman–Crippen MR) is 69.5 cm³/mol. The van der Waals surface area contributed by atoms with Crippen LogP contribution < -0.4 is 5.73 Å². The largest absolute Gasteiger partial charge is 0.462 e. The molecule has 0 fully saturated rings. The van der Waals surface area contributed by atoms with Crippen LogP contribution in [0.4, 0.5) is 0 Å². The minimum absolute atomic E-state index is 0. The van der Waals surface area contributed by atoms with Crippen LogP contribution in [0.15, 0.2) is 12.1 Å². The second-order valence-corrected chi connectivity index (χ2v) is 4.46. The molecule has 2 N–H and O–H groups in total. The highest BCUT2D eigenvalue weighted by Crippen LogP contribution is 2.17. The highest BCUT2D eigenvalue weighted by Gasteiger charge is 2.09. The normalized spacial score (nSPS) is 9.62. The number of halogens is 1. The van der Waals surface area contributed by atoms with Gasteiger partial charge in [0.25, 0.3) is 0 Å². The molecule has 1 heterocycles. The van der Waals surface area contributed by atoms with Crippen LogP contribution in [-0.2, 0) is 11.2 Å². The third-order valence-corrected chi connectivity index (χ3v) is 3.11. The van der Waals surface area contributed by atoms with Crippen LogP contribution >= 0.6 is 23.7 Å². The average Bonchev–Trinajstić information content (AvgIpc) is 2.67. The molecule has 0 bridgehead atoms. The van der Waals surface area contributed by atoms with Crippen molar-refractivity contribution in [3.05, 3.63) is 21.9 Å². The van der Waals surface area contributed by atoms with Crippen LogP contribution in [0.1, 0.15) is 34.3 Å². The molecular weight excluding hydrogens is 246 g/mol. The van der Waals surface area contributed by atoms with Gasteiger partial charge in [-0.15, -0.1) is 23.7 Å². The van der Waals surface area contributed by atoms with Crippen molar-refractivity contribution < 1.29 is 9.53 Å². The molecule has 0 spiro atoms. The van der Waals surface area contributed by atoms with Gasteiger partial charge in [-0.1, -0.05) is 13.3 Å². The van der Waals surface area contributed by atoms with Gasteiger partial charge in [0.1, 0.15) is 4.88 Å². The summed E-state index contributed by atoms with van der Waals surface area (Å²) in [7, 11) is 0. The summed E-state index contributed by atoms with van der Waals surface area (Å²) in [6.45, 7) is 3.20. The molecule has 92 valence electrons. The van der Waals surface area contributed by atoms with Crippen LogP contribution in [0.2, 0.25) is 0 Å². The van der Waals surface area contributed by atoms with Crippen molar-refractivity contribution in [3.8, 4) is 0 Å². The van der Waals surface area contributed by atoms with E-state index in [-0.39, 0.29) is 18.4 Å². The van der Waals surface area contributed by atoms with Crippen molar-refractivity contribution in [3.63, 3.8) is 0 Å². The first kappa shape index (κ1) is 15.4. The summed E-state index contributed by atoms with van der Waals surface area (Å²) in [4.78, 5) is 13.3. The lowest BCUT2D eigenvalue weighted by Gasteiger charge is -2.00. The number of esters is 1. The van der Waals surface area contributed by atoms with Crippen molar-refractivity contribution in [2.45, 2.75) is 26.2 Å². The number of ether oxygens (including phenoxy) is 1. The van der Waals surface area contributed by atoms with Gasteiger partial charge < -0.3 is 10.5 Å². The van der Waals surface area contributed by atoms with Gasteiger partial charge >= 0.3 is 5.97 Å². The van der Waals surface area contributed by atoms with Crippen LogP contribution in [-0.4, -0.2) is 19.1 Å². The number of nitrogens with two attached hydrogens (primary N) is 1. The third-order valence-electron chi connectivity index (χ3n) is 1.98. The van der Waals surface area contributed by atoms with E-state index in [0.717, 1.165) is 24.1 Å². The SMILES string of the molecule is CCCCOC(=O)c1ccc(CCN)s1.Cl. The molecule has 3 nitrogen and oxygen atoms in total. The molecule has 0 radical (unpaired) electrons. The maximum atomic E-state index is 11.5. The summed E-state index contributed by atoms with van der Waals surface area (Å²) in [5, 5.41) is 0. The Morgan fingerprint density at radius 2 is 2.25 bits per heavy atom. The smallest absolute Gasteiger partial charge is 0.348 e. The molecule has 1 rings (SSSR count). The molecule has 5 heteroatoms. The van der Waals surface area contributed by atoms with Gasteiger partial charge in [-0.05, 0) is 31.5 Å². The maximum absolute atomic E-state index is 11.5. The average molecular weight is 264 g/mol. The van der Waals surface area contributed by atoms with Crippen molar-refractivity contribution in [1.82, 2.24) is 0 Å². The minimum atomic E-state index is -0.211. The summed E-state index contributed by atoms with van der Waals surface area (Å²) in [5.74, 6) is -0.211. The Labute approximate surface area is 106 Å². The van der Waals surface area contributed by atoms with E-state index in [2.05, 4.69) is 6.92 Å². The van der Waals surface area contributed by atoms with E-state index >= 15 is 0 Å². The third kappa shape index (κ3) is 4.96. The molecular formula is C11H18ClNO2S. The lowest BCUT2D eigenvalue weighted by molar-refractivity contribution is 0.0505. The van der Waals surface area contributed by atoms with Gasteiger partial charge in [0.15, 0.2) is 0 Å². The van der Waals surface area contributed by atoms with E-state index in [0.29, 0.717) is 18.0 Å². The fourth-order valence-corrected chi connectivity index (χ4v) is 2.06. The number of hydrogen-bond donors (Lipinski definition) is 1. The van der Waals surface area contributed by atoms with E-state index < -0.39 is 0 Å². The second kappa shape index (κ2) is 8.56. The van der Waals surface area contributed by atoms with E-state index in [1.54, 1.807) is 0 Å². The van der Waals surface area contributed by atoms with Crippen molar-refractivity contribution in [2.24, 2.45) is 5.73 Å². The molecule has 0 saturated heterocycles. The van der Waals surface area contributed by atoms with E-state index in [9.17, 15) is 4.79 Å². The quantitative estimate of drug-likeness (QED) is 0.634. The fourth-order valence-electron chi connectivity index (χ4n) is 1.14. The first-order valence-electron chi connectivity index (χ1n) is 5.23. The first-order chi connectivity index (χ1) is 7.27. The molecule has 0 saturated carbocycles. The number of carbonyl (C=O) groups excluding carboxylic acids is 1. The summed E-state index contributed by atoms with van der Waals surface area (Å²) in [6.07, 6.45) is 2.79. The lowest BCUT2D eigenvalue weighted by atomic mass is 10.3. The first-order valence-corrected chi connectivity index (χ1v) is 6.05. The number of thiophene rings is 1. The standard InChI is InChI=1S/C11H17NO2S.ClH/c1-2-3-8-14-11(13)10-5-4-9(15-10)6-7-12;/h4-5H,2-3,6-8,12H2,1H3;1H. The molecule has 0 aliphatic carbocycles. The number of rotatable bonds is 6. The molecule has 0 amide bonds. The van der Waals surface area contributed by atoms with Gasteiger partial charge in [-0.2, -0.15) is 0 Å². The summed E-state index contributed by atoms with van der Waals surface area (Å²) in [6, 6.07) is 3.75. The Kier molecular flexibility index (Phi) is 8.25. The topological polar surface area (TPSA) is 52.3 Å². The maximum Gasteiger partial charge on any atom is 0.348 e. The summed E-state index contributed by atoms with van der Waals surface area (Å²) in [5.41, 5.74) is 5.43. The van der Waals surface area contributed by atoms with E-state index in [1.165, 1.54) is 11.3 Å². The molecule has 1 aromatic heterocycles. The summed E-state index contributed by atoms with van der Waals surface area (Å²) < 4.78 is 5.10. The van der Waals surface area contributed by atoms with Gasteiger partial charge in [0, 0.05) is 4.88 Å². The van der Waals surface area contributed by atoms with Crippen molar-refractivity contribution in [2.75, 3.05) is 13.2 Å². The molecule has 0 unspecified atom stereocenters. The van der Waals surface area contributed by atoms with Crippen molar-refractivity contribution in [1.29, 1.82) is 0 Å². The zero-order chi connectivity index (χ0) is 11.1. The Balaban J connectivity index is 0.00000225. The predicted octanol–water partition coefficient (Wildman–Crippen LogP) is 2.63. The zero-order valence-electron chi connectivity index (χ0n) is 9.40. The highest BCUT2D eigenvalue weighted by molar-refractivity contribution is 7.13. The molecule has 0 atom stereocenters. The Hall–Kier alpha value is -0.580. The van der Waals surface area contributed by atoms with Crippen LogP contribution in [0.25, 0.3) is 0 Å². The Bertz CT molecular complexity index is 315.